The van der Waals surface area contributed by atoms with Crippen LogP contribution in [0.25, 0.3) is 16.9 Å². The first kappa shape index (κ1) is 22.1. The molecule has 1 aliphatic rings. The van der Waals surface area contributed by atoms with Crippen molar-refractivity contribution >= 4 is 18.3 Å². The summed E-state index contributed by atoms with van der Waals surface area (Å²) >= 11 is 0. The molecule has 2 N–H and O–H groups in total. The maximum absolute atomic E-state index is 13.5. The Labute approximate surface area is 184 Å². The number of halogens is 1. The van der Waals surface area contributed by atoms with E-state index >= 15 is 0 Å². The fourth-order valence-electron chi connectivity index (χ4n) is 3.89. The molecule has 2 aromatic carbocycles. The van der Waals surface area contributed by atoms with Crippen LogP contribution in [0.2, 0.25) is 0 Å². The monoisotopic (exact) mass is 424 g/mol. The molecule has 158 valence electrons. The van der Waals surface area contributed by atoms with Crippen molar-refractivity contribution in [3.05, 3.63) is 71.9 Å². The summed E-state index contributed by atoms with van der Waals surface area (Å²) in [5.74, 6) is 0.0159. The molecule has 0 aliphatic carbocycles. The zero-order chi connectivity index (χ0) is 20.6. The third-order valence-corrected chi connectivity index (χ3v) is 5.89. The topological polar surface area (TPSA) is 64.2 Å². The van der Waals surface area contributed by atoms with E-state index in [0.29, 0.717) is 24.3 Å². The van der Waals surface area contributed by atoms with Crippen molar-refractivity contribution < 1.29 is 4.79 Å². The molecule has 1 amide bonds. The van der Waals surface area contributed by atoms with Gasteiger partial charge in [0.1, 0.15) is 5.69 Å². The average molecular weight is 425 g/mol. The van der Waals surface area contributed by atoms with Gasteiger partial charge in [0.25, 0.3) is 5.91 Å². The van der Waals surface area contributed by atoms with Crippen LogP contribution in [0.4, 0.5) is 0 Å². The van der Waals surface area contributed by atoms with Gasteiger partial charge in [0.2, 0.25) is 0 Å². The van der Waals surface area contributed by atoms with Crippen molar-refractivity contribution in [2.45, 2.75) is 33.2 Å². The molecule has 0 saturated carbocycles. The summed E-state index contributed by atoms with van der Waals surface area (Å²) < 4.78 is 1.80. The average Bonchev–Trinajstić information content (AvgIpc) is 3.16. The summed E-state index contributed by atoms with van der Waals surface area (Å²) in [4.78, 5) is 15.4. The molecule has 1 aliphatic heterocycles. The normalized spacial score (nSPS) is 18.0. The Morgan fingerprint density at radius 1 is 1.10 bits per heavy atom. The van der Waals surface area contributed by atoms with Gasteiger partial charge in [0, 0.05) is 30.9 Å². The third kappa shape index (κ3) is 4.27. The summed E-state index contributed by atoms with van der Waals surface area (Å²) in [5, 5.41) is 4.79. The molecule has 2 heterocycles. The number of likely N-dealkylation sites (tertiary alicyclic amines) is 1. The smallest absolute Gasteiger partial charge is 0.257 e. The number of nitrogens with zero attached hydrogens (tertiary/aromatic N) is 3. The molecule has 0 spiro atoms. The Morgan fingerprint density at radius 3 is 2.40 bits per heavy atom. The van der Waals surface area contributed by atoms with E-state index < -0.39 is 0 Å². The first-order chi connectivity index (χ1) is 13.8. The van der Waals surface area contributed by atoms with Crippen molar-refractivity contribution in [3.63, 3.8) is 0 Å². The zero-order valence-electron chi connectivity index (χ0n) is 17.7. The second-order valence-corrected chi connectivity index (χ2v) is 8.65. The lowest BCUT2D eigenvalue weighted by Crippen LogP contribution is -2.54. The minimum absolute atomic E-state index is 0. The molecule has 0 radical (unpaired) electrons. The first-order valence-corrected chi connectivity index (χ1v) is 10.1. The van der Waals surface area contributed by atoms with Gasteiger partial charge in [-0.1, -0.05) is 61.9 Å². The molecule has 5 nitrogen and oxygen atoms in total. The van der Waals surface area contributed by atoms with Crippen molar-refractivity contribution in [1.29, 1.82) is 0 Å². The van der Waals surface area contributed by atoms with Crippen LogP contribution in [-0.2, 0) is 0 Å². The molecule has 1 unspecified atom stereocenters. The molecule has 4 rings (SSSR count). The quantitative estimate of drug-likeness (QED) is 0.674. The number of rotatable bonds is 3. The Kier molecular flexibility index (Phi) is 6.34. The van der Waals surface area contributed by atoms with E-state index in [1.165, 1.54) is 5.56 Å². The zero-order valence-corrected chi connectivity index (χ0v) is 18.5. The lowest BCUT2D eigenvalue weighted by molar-refractivity contribution is 0.0533. The van der Waals surface area contributed by atoms with Crippen LogP contribution in [0.15, 0.2) is 60.8 Å². The van der Waals surface area contributed by atoms with Gasteiger partial charge in [-0.05, 0) is 30.9 Å². The predicted octanol–water partition coefficient (Wildman–Crippen LogP) is 4.47. The van der Waals surface area contributed by atoms with Crippen molar-refractivity contribution in [2.24, 2.45) is 11.1 Å². The molecule has 6 heteroatoms. The van der Waals surface area contributed by atoms with Crippen LogP contribution in [-0.4, -0.2) is 39.7 Å². The molecular formula is C24H29ClN4O. The van der Waals surface area contributed by atoms with E-state index in [1.54, 1.807) is 4.68 Å². The van der Waals surface area contributed by atoms with Crippen molar-refractivity contribution in [3.8, 4) is 16.9 Å². The molecule has 1 saturated heterocycles. The minimum atomic E-state index is -0.103. The summed E-state index contributed by atoms with van der Waals surface area (Å²) in [7, 11) is 0. The van der Waals surface area contributed by atoms with Gasteiger partial charge in [0.15, 0.2) is 0 Å². The highest BCUT2D eigenvalue weighted by Gasteiger charge is 2.36. The largest absolute Gasteiger partial charge is 0.338 e. The van der Waals surface area contributed by atoms with Gasteiger partial charge in [-0.25, -0.2) is 4.68 Å². The summed E-state index contributed by atoms with van der Waals surface area (Å²) in [6, 6.07) is 18.2. The van der Waals surface area contributed by atoms with Gasteiger partial charge in [-0.2, -0.15) is 5.10 Å². The summed E-state index contributed by atoms with van der Waals surface area (Å²) in [5.41, 5.74) is 10.6. The SMILES string of the molecule is Cc1ccc(-n2cc(C(=O)N3CCC(N)C(C)(C)C3)c(-c3ccccc3)n2)cc1.Cl. The number of aromatic nitrogens is 2. The molecule has 3 aromatic rings. The highest BCUT2D eigenvalue weighted by atomic mass is 35.5. The number of hydrogen-bond donors (Lipinski definition) is 1. The standard InChI is InChI=1S/C24H28N4O.ClH/c1-17-9-11-19(12-10-17)28-15-20(22(26-28)18-7-5-4-6-8-18)23(29)27-14-13-21(25)24(2,3)16-27;/h4-12,15,21H,13-14,16,25H2,1-3H3;1H. The Morgan fingerprint density at radius 2 is 1.77 bits per heavy atom. The van der Waals surface area contributed by atoms with E-state index in [4.69, 9.17) is 10.8 Å². The number of amides is 1. The van der Waals surface area contributed by atoms with Gasteiger partial charge in [-0.3, -0.25) is 4.79 Å². The van der Waals surface area contributed by atoms with E-state index in [1.807, 2.05) is 53.6 Å². The Bertz CT molecular complexity index is 1010. The first-order valence-electron chi connectivity index (χ1n) is 10.1. The van der Waals surface area contributed by atoms with Crippen LogP contribution in [0.1, 0.15) is 36.2 Å². The lowest BCUT2D eigenvalue weighted by Gasteiger charge is -2.42. The molecule has 0 bridgehead atoms. The number of benzene rings is 2. The fourth-order valence-corrected chi connectivity index (χ4v) is 3.89. The second kappa shape index (κ2) is 8.62. The van der Waals surface area contributed by atoms with Gasteiger partial charge in [0.05, 0.1) is 11.3 Å². The second-order valence-electron chi connectivity index (χ2n) is 8.65. The molecule has 1 atom stereocenters. The summed E-state index contributed by atoms with van der Waals surface area (Å²) in [6.45, 7) is 7.64. The predicted molar refractivity (Wildman–Crippen MR) is 123 cm³/mol. The highest BCUT2D eigenvalue weighted by molar-refractivity contribution is 6.00. The fraction of sp³-hybridized carbons (Fsp3) is 0.333. The van der Waals surface area contributed by atoms with Crippen LogP contribution in [0.5, 0.6) is 0 Å². The maximum atomic E-state index is 13.5. The molecule has 30 heavy (non-hydrogen) atoms. The third-order valence-electron chi connectivity index (χ3n) is 5.89. The highest BCUT2D eigenvalue weighted by Crippen LogP contribution is 2.31. The molecule has 1 fully saturated rings. The van der Waals surface area contributed by atoms with E-state index in [2.05, 4.69) is 32.9 Å². The Balaban J connectivity index is 0.00000256. The minimum Gasteiger partial charge on any atom is -0.338 e. The molecular weight excluding hydrogens is 396 g/mol. The Hall–Kier alpha value is -2.63. The molecule has 1 aromatic heterocycles. The van der Waals surface area contributed by atoms with Gasteiger partial charge >= 0.3 is 0 Å². The number of piperidine rings is 1. The van der Waals surface area contributed by atoms with Crippen LogP contribution >= 0.6 is 12.4 Å². The van der Waals surface area contributed by atoms with Crippen LogP contribution in [0.3, 0.4) is 0 Å². The van der Waals surface area contributed by atoms with Crippen LogP contribution < -0.4 is 5.73 Å². The number of hydrogen-bond acceptors (Lipinski definition) is 3. The number of carbonyl (C=O) groups excluding carboxylic acids is 1. The van der Waals surface area contributed by atoms with Crippen molar-refractivity contribution in [1.82, 2.24) is 14.7 Å². The number of nitrogens with two attached hydrogens (primary N) is 1. The number of aryl methyl sites for hydroxylation is 1. The van der Waals surface area contributed by atoms with E-state index in [0.717, 1.165) is 17.7 Å². The van der Waals surface area contributed by atoms with Crippen molar-refractivity contribution in [2.75, 3.05) is 13.1 Å². The van der Waals surface area contributed by atoms with E-state index in [9.17, 15) is 4.79 Å². The number of carbonyl (C=O) groups is 1. The maximum Gasteiger partial charge on any atom is 0.257 e. The van der Waals surface area contributed by atoms with Gasteiger partial charge in [-0.15, -0.1) is 12.4 Å². The lowest BCUT2D eigenvalue weighted by atomic mass is 9.79. The van der Waals surface area contributed by atoms with E-state index in [-0.39, 0.29) is 29.8 Å². The summed E-state index contributed by atoms with van der Waals surface area (Å²) in [6.07, 6.45) is 2.67. The van der Waals surface area contributed by atoms with Gasteiger partial charge < -0.3 is 10.6 Å². The van der Waals surface area contributed by atoms with Crippen LogP contribution in [0, 0.1) is 12.3 Å².